The average molecular weight is 317 g/mol. The van der Waals surface area contributed by atoms with E-state index in [9.17, 15) is 12.8 Å². The van der Waals surface area contributed by atoms with Crippen LogP contribution in [0.5, 0.6) is 0 Å². The normalized spacial score (nSPS) is 12.0. The summed E-state index contributed by atoms with van der Waals surface area (Å²) in [4.78, 5) is 1.80. The van der Waals surface area contributed by atoms with Gasteiger partial charge in [0.05, 0.1) is 0 Å². The topological polar surface area (TPSA) is 75.4 Å². The van der Waals surface area contributed by atoms with Crippen LogP contribution in [0.4, 0.5) is 4.39 Å². The molecular formula is C14H24FN3O2S. The standard InChI is InChI=1S/C14H24FN3O2S/c1-3-8-18(4-2)9-7-17-21(19,20)14-6-5-12(11-16)10-13(14)15/h5-6,10,17H,3-4,7-9,11,16H2,1-2H3. The second-order valence-corrected chi connectivity index (χ2v) is 6.54. The number of rotatable bonds is 9. The molecule has 1 aromatic carbocycles. The van der Waals surface area contributed by atoms with Crippen molar-refractivity contribution in [2.75, 3.05) is 26.2 Å². The molecular weight excluding hydrogens is 293 g/mol. The number of likely N-dealkylation sites (N-methyl/N-ethyl adjacent to an activating group) is 1. The van der Waals surface area contributed by atoms with Gasteiger partial charge in [-0.05, 0) is 37.2 Å². The van der Waals surface area contributed by atoms with Gasteiger partial charge >= 0.3 is 0 Å². The molecule has 1 aromatic rings. The number of hydrogen-bond donors (Lipinski definition) is 2. The van der Waals surface area contributed by atoms with Crippen molar-refractivity contribution in [1.29, 1.82) is 0 Å². The Labute approximate surface area is 126 Å². The van der Waals surface area contributed by atoms with Gasteiger partial charge in [-0.15, -0.1) is 0 Å². The molecule has 0 unspecified atom stereocenters. The zero-order valence-electron chi connectivity index (χ0n) is 12.6. The third kappa shape index (κ3) is 5.35. The van der Waals surface area contributed by atoms with E-state index in [2.05, 4.69) is 16.5 Å². The molecule has 120 valence electrons. The first-order valence-corrected chi connectivity index (χ1v) is 8.63. The van der Waals surface area contributed by atoms with Crippen molar-refractivity contribution in [3.05, 3.63) is 29.6 Å². The Balaban J connectivity index is 2.69. The highest BCUT2D eigenvalue weighted by molar-refractivity contribution is 7.89. The van der Waals surface area contributed by atoms with Crippen LogP contribution in [0.25, 0.3) is 0 Å². The van der Waals surface area contributed by atoms with E-state index in [0.29, 0.717) is 12.1 Å². The summed E-state index contributed by atoms with van der Waals surface area (Å²) in [5, 5.41) is 0. The summed E-state index contributed by atoms with van der Waals surface area (Å²) in [5.41, 5.74) is 5.96. The second-order valence-electron chi connectivity index (χ2n) is 4.80. The van der Waals surface area contributed by atoms with Crippen LogP contribution >= 0.6 is 0 Å². The van der Waals surface area contributed by atoms with E-state index < -0.39 is 15.8 Å². The lowest BCUT2D eigenvalue weighted by Gasteiger charge is -2.19. The van der Waals surface area contributed by atoms with Gasteiger partial charge in [0.2, 0.25) is 10.0 Å². The molecule has 3 N–H and O–H groups in total. The lowest BCUT2D eigenvalue weighted by molar-refractivity contribution is 0.293. The van der Waals surface area contributed by atoms with Gasteiger partial charge in [-0.25, -0.2) is 17.5 Å². The lowest BCUT2D eigenvalue weighted by atomic mass is 10.2. The van der Waals surface area contributed by atoms with E-state index in [4.69, 9.17) is 5.73 Å². The Morgan fingerprint density at radius 2 is 2.00 bits per heavy atom. The number of sulfonamides is 1. The smallest absolute Gasteiger partial charge is 0.243 e. The maximum Gasteiger partial charge on any atom is 0.243 e. The van der Waals surface area contributed by atoms with E-state index >= 15 is 0 Å². The molecule has 0 saturated carbocycles. The predicted octanol–water partition coefficient (Wildman–Crippen LogP) is 1.29. The fraction of sp³-hybridized carbons (Fsp3) is 0.571. The number of nitrogens with one attached hydrogen (secondary N) is 1. The predicted molar refractivity (Wildman–Crippen MR) is 81.9 cm³/mol. The summed E-state index contributed by atoms with van der Waals surface area (Å²) in [6.45, 7) is 6.90. The van der Waals surface area contributed by atoms with Crippen LogP contribution in [0.2, 0.25) is 0 Å². The van der Waals surface area contributed by atoms with E-state index in [1.54, 1.807) is 0 Å². The summed E-state index contributed by atoms with van der Waals surface area (Å²) in [7, 11) is -3.83. The minimum atomic E-state index is -3.83. The number of halogens is 1. The monoisotopic (exact) mass is 317 g/mol. The Morgan fingerprint density at radius 3 is 2.52 bits per heavy atom. The van der Waals surface area contributed by atoms with Crippen molar-refractivity contribution in [2.24, 2.45) is 5.73 Å². The third-order valence-electron chi connectivity index (χ3n) is 3.23. The summed E-state index contributed by atoms with van der Waals surface area (Å²) in [5.74, 6) is -0.772. The van der Waals surface area contributed by atoms with Crippen molar-refractivity contribution in [2.45, 2.75) is 31.7 Å². The molecule has 1 rings (SSSR count). The SMILES string of the molecule is CCCN(CC)CCNS(=O)(=O)c1ccc(CN)cc1F. The highest BCUT2D eigenvalue weighted by Crippen LogP contribution is 2.15. The van der Waals surface area contributed by atoms with Gasteiger partial charge in [-0.3, -0.25) is 0 Å². The molecule has 0 atom stereocenters. The third-order valence-corrected chi connectivity index (χ3v) is 4.72. The molecule has 5 nitrogen and oxygen atoms in total. The van der Waals surface area contributed by atoms with Crippen LogP contribution in [0.3, 0.4) is 0 Å². The van der Waals surface area contributed by atoms with Gasteiger partial charge in [-0.1, -0.05) is 19.9 Å². The van der Waals surface area contributed by atoms with Gasteiger partial charge in [0.25, 0.3) is 0 Å². The van der Waals surface area contributed by atoms with Crippen molar-refractivity contribution >= 4 is 10.0 Å². The minimum absolute atomic E-state index is 0.174. The molecule has 0 aliphatic rings. The molecule has 0 fully saturated rings. The molecule has 7 heteroatoms. The molecule has 0 aromatic heterocycles. The van der Waals surface area contributed by atoms with Crippen molar-refractivity contribution in [3.8, 4) is 0 Å². The first kappa shape index (κ1) is 18.0. The minimum Gasteiger partial charge on any atom is -0.326 e. The number of benzene rings is 1. The maximum atomic E-state index is 13.8. The van der Waals surface area contributed by atoms with Crippen LogP contribution in [-0.2, 0) is 16.6 Å². The van der Waals surface area contributed by atoms with Crippen molar-refractivity contribution < 1.29 is 12.8 Å². The Kier molecular flexibility index (Phi) is 7.24. The van der Waals surface area contributed by atoms with Crippen LogP contribution in [0.15, 0.2) is 23.1 Å². The van der Waals surface area contributed by atoms with Crippen molar-refractivity contribution in [3.63, 3.8) is 0 Å². The fourth-order valence-electron chi connectivity index (χ4n) is 2.05. The first-order chi connectivity index (χ1) is 9.94. The molecule has 0 saturated heterocycles. The Morgan fingerprint density at radius 1 is 1.29 bits per heavy atom. The lowest BCUT2D eigenvalue weighted by Crippen LogP contribution is -2.35. The highest BCUT2D eigenvalue weighted by atomic mass is 32.2. The molecule has 0 heterocycles. The summed E-state index contributed by atoms with van der Waals surface area (Å²) >= 11 is 0. The fourth-order valence-corrected chi connectivity index (χ4v) is 3.13. The van der Waals surface area contributed by atoms with Gasteiger partial charge in [0, 0.05) is 19.6 Å². The van der Waals surface area contributed by atoms with Crippen LogP contribution in [0.1, 0.15) is 25.8 Å². The van der Waals surface area contributed by atoms with Crippen molar-refractivity contribution in [1.82, 2.24) is 9.62 Å². The maximum absolute atomic E-state index is 13.8. The summed E-state index contributed by atoms with van der Waals surface area (Å²) in [6, 6.07) is 3.93. The second kappa shape index (κ2) is 8.43. The Hall–Kier alpha value is -1.02. The van der Waals surface area contributed by atoms with Crippen LogP contribution in [-0.4, -0.2) is 39.5 Å². The van der Waals surface area contributed by atoms with Crippen LogP contribution in [0, 0.1) is 5.82 Å². The largest absolute Gasteiger partial charge is 0.326 e. The van der Waals surface area contributed by atoms with Crippen LogP contribution < -0.4 is 10.5 Å². The number of hydrogen-bond acceptors (Lipinski definition) is 4. The first-order valence-electron chi connectivity index (χ1n) is 7.15. The number of nitrogens with zero attached hydrogens (tertiary/aromatic N) is 1. The zero-order valence-corrected chi connectivity index (χ0v) is 13.4. The number of nitrogens with two attached hydrogens (primary N) is 1. The van der Waals surface area contributed by atoms with E-state index in [1.807, 2.05) is 6.92 Å². The summed E-state index contributed by atoms with van der Waals surface area (Å²) < 4.78 is 40.4. The van der Waals surface area contributed by atoms with Gasteiger partial charge in [-0.2, -0.15) is 0 Å². The summed E-state index contributed by atoms with van der Waals surface area (Å²) in [6.07, 6.45) is 1.01. The molecule has 21 heavy (non-hydrogen) atoms. The quantitative estimate of drug-likeness (QED) is 0.720. The Bertz CT molecular complexity index is 549. The molecule has 0 spiro atoms. The highest BCUT2D eigenvalue weighted by Gasteiger charge is 2.18. The molecule has 0 amide bonds. The van der Waals surface area contributed by atoms with Gasteiger partial charge < -0.3 is 10.6 Å². The van der Waals surface area contributed by atoms with E-state index in [-0.39, 0.29) is 18.0 Å². The van der Waals surface area contributed by atoms with Gasteiger partial charge in [0.15, 0.2) is 0 Å². The van der Waals surface area contributed by atoms with Gasteiger partial charge in [0.1, 0.15) is 10.7 Å². The average Bonchev–Trinajstić information content (AvgIpc) is 2.45. The molecule has 0 radical (unpaired) electrons. The van der Waals surface area contributed by atoms with E-state index in [0.717, 1.165) is 25.6 Å². The molecule has 0 bridgehead atoms. The molecule has 0 aliphatic carbocycles. The van der Waals surface area contributed by atoms with E-state index in [1.165, 1.54) is 12.1 Å². The molecule has 0 aliphatic heterocycles. The zero-order chi connectivity index (χ0) is 15.9.